The van der Waals surface area contributed by atoms with E-state index in [0.29, 0.717) is 13.2 Å². The molecular formula is C10H23O3Si. The van der Waals surface area contributed by atoms with Crippen molar-refractivity contribution in [1.29, 1.82) is 0 Å². The highest BCUT2D eigenvalue weighted by atomic mass is 28.4. The Morgan fingerprint density at radius 1 is 1.07 bits per heavy atom. The molecular weight excluding hydrogens is 196 g/mol. The van der Waals surface area contributed by atoms with Gasteiger partial charge in [0.15, 0.2) is 0 Å². The maximum atomic E-state index is 5.64. The number of hydrogen-bond donors (Lipinski definition) is 0. The molecule has 0 aromatic rings. The molecule has 85 valence electrons. The van der Waals surface area contributed by atoms with Gasteiger partial charge in [-0.25, -0.2) is 0 Å². The quantitative estimate of drug-likeness (QED) is 0.441. The lowest BCUT2D eigenvalue weighted by Gasteiger charge is -2.27. The summed E-state index contributed by atoms with van der Waals surface area (Å²) in [6.45, 7) is 9.08. The van der Waals surface area contributed by atoms with Gasteiger partial charge < -0.3 is 13.3 Å². The van der Waals surface area contributed by atoms with Crippen molar-refractivity contribution >= 4 is 8.80 Å². The zero-order chi connectivity index (χ0) is 10.9. The van der Waals surface area contributed by atoms with Gasteiger partial charge in [-0.15, -0.1) is 0 Å². The molecule has 0 aromatic carbocycles. The second kappa shape index (κ2) is 8.41. The predicted molar refractivity (Wildman–Crippen MR) is 60.0 cm³/mol. The van der Waals surface area contributed by atoms with E-state index in [2.05, 4.69) is 6.92 Å². The standard InChI is InChI=1S/C10H23O3Si/c1-5-8-9-10-14(11-4,12-6-2)13-7-3/h1,5-10H2,2-4H3. The van der Waals surface area contributed by atoms with Crippen LogP contribution in [0.15, 0.2) is 0 Å². The average Bonchev–Trinajstić information content (AvgIpc) is 2.19. The topological polar surface area (TPSA) is 27.7 Å². The van der Waals surface area contributed by atoms with Gasteiger partial charge in [0.1, 0.15) is 0 Å². The minimum absolute atomic E-state index is 0.657. The first-order chi connectivity index (χ1) is 6.74. The van der Waals surface area contributed by atoms with Crippen LogP contribution in [0.1, 0.15) is 33.1 Å². The van der Waals surface area contributed by atoms with Crippen LogP contribution in [0.5, 0.6) is 0 Å². The number of unbranched alkanes of at least 4 members (excludes halogenated alkanes) is 2. The van der Waals surface area contributed by atoms with Crippen LogP contribution in [-0.2, 0) is 13.3 Å². The Labute approximate surface area is 89.1 Å². The van der Waals surface area contributed by atoms with Crippen LogP contribution in [0.3, 0.4) is 0 Å². The maximum Gasteiger partial charge on any atom is 0.500 e. The molecule has 0 saturated heterocycles. The Morgan fingerprint density at radius 2 is 1.64 bits per heavy atom. The van der Waals surface area contributed by atoms with Gasteiger partial charge in [0, 0.05) is 26.4 Å². The van der Waals surface area contributed by atoms with Gasteiger partial charge in [-0.05, 0) is 20.3 Å². The summed E-state index contributed by atoms with van der Waals surface area (Å²) in [7, 11) is -0.652. The summed E-state index contributed by atoms with van der Waals surface area (Å²) in [6, 6.07) is 0.903. The van der Waals surface area contributed by atoms with Crippen molar-refractivity contribution in [2.75, 3.05) is 20.3 Å². The highest BCUT2D eigenvalue weighted by molar-refractivity contribution is 6.60. The molecule has 3 nitrogen and oxygen atoms in total. The Kier molecular flexibility index (Phi) is 8.47. The van der Waals surface area contributed by atoms with E-state index >= 15 is 0 Å². The van der Waals surface area contributed by atoms with Gasteiger partial charge in [0.05, 0.1) is 0 Å². The van der Waals surface area contributed by atoms with Crippen LogP contribution < -0.4 is 0 Å². The molecule has 0 saturated carbocycles. The Hall–Kier alpha value is 0.0969. The molecule has 0 unspecified atom stereocenters. The van der Waals surface area contributed by atoms with Crippen LogP contribution in [0.4, 0.5) is 0 Å². The van der Waals surface area contributed by atoms with Crippen LogP contribution >= 0.6 is 0 Å². The molecule has 0 aliphatic heterocycles. The average molecular weight is 219 g/mol. The monoisotopic (exact) mass is 219 g/mol. The Balaban J connectivity index is 4.03. The summed E-state index contributed by atoms with van der Waals surface area (Å²) in [4.78, 5) is 0. The zero-order valence-corrected chi connectivity index (χ0v) is 10.7. The second-order valence-corrected chi connectivity index (χ2v) is 5.92. The van der Waals surface area contributed by atoms with Crippen molar-refractivity contribution in [2.24, 2.45) is 0 Å². The highest BCUT2D eigenvalue weighted by Crippen LogP contribution is 2.18. The molecule has 0 fully saturated rings. The fraction of sp³-hybridized carbons (Fsp3) is 0.900. The van der Waals surface area contributed by atoms with E-state index in [-0.39, 0.29) is 0 Å². The molecule has 14 heavy (non-hydrogen) atoms. The highest BCUT2D eigenvalue weighted by Gasteiger charge is 2.38. The van der Waals surface area contributed by atoms with Gasteiger partial charge in [-0.2, -0.15) is 0 Å². The minimum Gasteiger partial charge on any atom is -0.377 e. The van der Waals surface area contributed by atoms with Crippen molar-refractivity contribution in [3.63, 3.8) is 0 Å². The van der Waals surface area contributed by atoms with E-state index in [0.717, 1.165) is 25.3 Å². The molecule has 0 aliphatic carbocycles. The molecule has 0 atom stereocenters. The largest absolute Gasteiger partial charge is 0.500 e. The molecule has 0 aliphatic rings. The van der Waals surface area contributed by atoms with Gasteiger partial charge in [-0.3, -0.25) is 0 Å². The molecule has 0 spiro atoms. The Bertz CT molecular complexity index is 125. The first kappa shape index (κ1) is 14.1. The van der Waals surface area contributed by atoms with Gasteiger partial charge in [0.2, 0.25) is 0 Å². The predicted octanol–water partition coefficient (Wildman–Crippen LogP) is 2.65. The summed E-state index contributed by atoms with van der Waals surface area (Å²) in [5.41, 5.74) is 0. The van der Waals surface area contributed by atoms with Crippen molar-refractivity contribution in [2.45, 2.75) is 39.2 Å². The first-order valence-corrected chi connectivity index (χ1v) is 7.30. The molecule has 4 heteroatoms. The first-order valence-electron chi connectivity index (χ1n) is 5.37. The normalized spacial score (nSPS) is 12.0. The summed E-state index contributed by atoms with van der Waals surface area (Å²) in [5, 5.41) is 0. The van der Waals surface area contributed by atoms with Crippen molar-refractivity contribution in [3.8, 4) is 0 Å². The van der Waals surface area contributed by atoms with E-state index in [1.54, 1.807) is 7.11 Å². The maximum absolute atomic E-state index is 5.64. The fourth-order valence-corrected chi connectivity index (χ4v) is 3.74. The lowest BCUT2D eigenvalue weighted by molar-refractivity contribution is 0.0860. The van der Waals surface area contributed by atoms with Crippen LogP contribution in [0, 0.1) is 6.92 Å². The van der Waals surface area contributed by atoms with Crippen LogP contribution in [0.2, 0.25) is 6.04 Å². The van der Waals surface area contributed by atoms with E-state index in [1.807, 2.05) is 13.8 Å². The number of hydrogen-bond acceptors (Lipinski definition) is 3. The van der Waals surface area contributed by atoms with Crippen LogP contribution in [0.25, 0.3) is 0 Å². The third-order valence-electron chi connectivity index (χ3n) is 2.02. The SMILES string of the molecule is [CH2]CCCC[Si](OC)(OCC)OCC. The van der Waals surface area contributed by atoms with Crippen molar-refractivity contribution < 1.29 is 13.3 Å². The smallest absolute Gasteiger partial charge is 0.377 e. The third kappa shape index (κ3) is 5.10. The molecule has 0 rings (SSSR count). The molecule has 0 N–H and O–H groups in total. The van der Waals surface area contributed by atoms with E-state index in [1.165, 1.54) is 0 Å². The van der Waals surface area contributed by atoms with Gasteiger partial charge >= 0.3 is 8.80 Å². The lowest BCUT2D eigenvalue weighted by atomic mass is 10.3. The minimum atomic E-state index is -2.33. The zero-order valence-electron chi connectivity index (χ0n) is 9.67. The number of rotatable bonds is 9. The van der Waals surface area contributed by atoms with Crippen LogP contribution in [-0.4, -0.2) is 29.1 Å². The molecule has 0 heterocycles. The van der Waals surface area contributed by atoms with Gasteiger partial charge in [0.25, 0.3) is 0 Å². The summed E-state index contributed by atoms with van der Waals surface area (Å²) in [5.74, 6) is 0. The molecule has 0 amide bonds. The lowest BCUT2D eigenvalue weighted by Crippen LogP contribution is -2.44. The Morgan fingerprint density at radius 3 is 2.00 bits per heavy atom. The van der Waals surface area contributed by atoms with Crippen molar-refractivity contribution in [3.05, 3.63) is 6.92 Å². The van der Waals surface area contributed by atoms with E-state index in [9.17, 15) is 0 Å². The van der Waals surface area contributed by atoms with E-state index < -0.39 is 8.80 Å². The van der Waals surface area contributed by atoms with E-state index in [4.69, 9.17) is 13.3 Å². The summed E-state index contributed by atoms with van der Waals surface area (Å²) >= 11 is 0. The molecule has 1 radical (unpaired) electrons. The molecule has 0 aromatic heterocycles. The molecule has 0 bridgehead atoms. The second-order valence-electron chi connectivity index (χ2n) is 3.06. The summed E-state index contributed by atoms with van der Waals surface area (Å²) in [6.07, 6.45) is 3.15. The fourth-order valence-electron chi connectivity index (χ4n) is 1.36. The third-order valence-corrected chi connectivity index (χ3v) is 5.07. The summed E-state index contributed by atoms with van der Waals surface area (Å²) < 4.78 is 16.7. The van der Waals surface area contributed by atoms with Crippen molar-refractivity contribution in [1.82, 2.24) is 0 Å². The van der Waals surface area contributed by atoms with Gasteiger partial charge in [-0.1, -0.05) is 19.8 Å².